The van der Waals surface area contributed by atoms with E-state index in [-0.39, 0.29) is 17.4 Å². The maximum atomic E-state index is 12.3. The molecule has 3 heterocycles. The molecule has 31 heavy (non-hydrogen) atoms. The zero-order valence-electron chi connectivity index (χ0n) is 17.1. The maximum Gasteiger partial charge on any atom is 0.336 e. The smallest absolute Gasteiger partial charge is 0.336 e. The lowest BCUT2D eigenvalue weighted by molar-refractivity contribution is -0.133. The van der Waals surface area contributed by atoms with E-state index in [0.717, 1.165) is 55.0 Å². The van der Waals surface area contributed by atoms with Gasteiger partial charge in [0, 0.05) is 18.1 Å². The molecule has 0 amide bonds. The van der Waals surface area contributed by atoms with Crippen LogP contribution in [0.2, 0.25) is 0 Å². The highest BCUT2D eigenvalue weighted by atomic mass is 16.6. The second-order valence-electron chi connectivity index (χ2n) is 7.90. The van der Waals surface area contributed by atoms with Crippen molar-refractivity contribution < 1.29 is 19.1 Å². The highest BCUT2D eigenvalue weighted by Crippen LogP contribution is 2.43. The van der Waals surface area contributed by atoms with Gasteiger partial charge in [0.15, 0.2) is 11.5 Å². The Morgan fingerprint density at radius 2 is 1.71 bits per heavy atom. The molecule has 2 aliphatic rings. The van der Waals surface area contributed by atoms with E-state index in [1.165, 1.54) is 0 Å². The van der Waals surface area contributed by atoms with Crippen molar-refractivity contribution in [1.29, 1.82) is 0 Å². The van der Waals surface area contributed by atoms with Crippen LogP contribution in [0.4, 0.5) is 5.69 Å². The predicted molar refractivity (Wildman–Crippen MR) is 115 cm³/mol. The fraction of sp³-hybridized carbons (Fsp3) is 0.261. The van der Waals surface area contributed by atoms with Crippen molar-refractivity contribution in [3.05, 3.63) is 54.2 Å². The lowest BCUT2D eigenvalue weighted by Gasteiger charge is -2.28. The van der Waals surface area contributed by atoms with E-state index >= 15 is 0 Å². The van der Waals surface area contributed by atoms with Gasteiger partial charge in [-0.2, -0.15) is 5.10 Å². The van der Waals surface area contributed by atoms with E-state index in [1.807, 2.05) is 30.3 Å². The second kappa shape index (κ2) is 7.55. The molecular weight excluding hydrogens is 396 g/mol. The van der Waals surface area contributed by atoms with Gasteiger partial charge in [0.25, 0.3) is 0 Å². The van der Waals surface area contributed by atoms with Crippen LogP contribution in [-0.2, 0) is 9.59 Å². The highest BCUT2D eigenvalue weighted by molar-refractivity contribution is 6.00. The van der Waals surface area contributed by atoms with E-state index in [4.69, 9.17) is 20.3 Å². The molecule has 1 aromatic heterocycles. The average molecular weight is 418 g/mol. The maximum absolute atomic E-state index is 12.3. The summed E-state index contributed by atoms with van der Waals surface area (Å²) in [5, 5.41) is 5.62. The van der Waals surface area contributed by atoms with Crippen LogP contribution >= 0.6 is 0 Å². The molecule has 2 aliphatic heterocycles. The number of hydrogen-bond donors (Lipinski definition) is 1. The summed E-state index contributed by atoms with van der Waals surface area (Å²) in [6.07, 6.45) is 3.97. The average Bonchev–Trinajstić information content (AvgIpc) is 3.13. The van der Waals surface area contributed by atoms with Gasteiger partial charge in [-0.3, -0.25) is 0 Å². The normalized spacial score (nSPS) is 18.7. The summed E-state index contributed by atoms with van der Waals surface area (Å²) in [5.41, 5.74) is 9.11. The number of fused-ring (bicyclic) bond motifs is 3. The monoisotopic (exact) mass is 418 g/mol. The van der Waals surface area contributed by atoms with Gasteiger partial charge in [-0.25, -0.2) is 14.3 Å². The summed E-state index contributed by atoms with van der Waals surface area (Å²) in [5.74, 6) is -0.670. The van der Waals surface area contributed by atoms with Gasteiger partial charge in [0.05, 0.1) is 28.0 Å². The van der Waals surface area contributed by atoms with Crippen molar-refractivity contribution in [2.24, 2.45) is 0 Å². The van der Waals surface area contributed by atoms with Crippen molar-refractivity contribution in [3.8, 4) is 17.2 Å². The number of nitrogen functional groups attached to an aromatic ring is 1. The Balaban J connectivity index is 1.77. The number of anilines is 1. The number of carbonyl (C=O) groups is 2. The minimum absolute atomic E-state index is 0.173. The Labute approximate surface area is 178 Å². The fourth-order valence-electron chi connectivity index (χ4n) is 4.22. The number of rotatable bonds is 2. The number of nitrogens with zero attached hydrogens (tertiary/aromatic N) is 3. The van der Waals surface area contributed by atoms with E-state index in [1.54, 1.807) is 10.7 Å². The molecule has 0 radical (unpaired) electrons. The third-order valence-corrected chi connectivity index (χ3v) is 5.83. The summed E-state index contributed by atoms with van der Waals surface area (Å²) in [7, 11) is 2.10. The Bertz CT molecular complexity index is 1220. The molecule has 0 aliphatic carbocycles. The number of esters is 2. The quantitative estimate of drug-likeness (QED) is 0.388. The Hall–Kier alpha value is -3.65. The van der Waals surface area contributed by atoms with Crippen molar-refractivity contribution in [2.75, 3.05) is 25.9 Å². The largest absolute Gasteiger partial charge is 0.419 e. The van der Waals surface area contributed by atoms with E-state index in [2.05, 4.69) is 11.9 Å². The topological polar surface area (TPSA) is 99.7 Å². The molecule has 1 saturated heterocycles. The number of ether oxygens (including phenoxy) is 2. The Morgan fingerprint density at radius 3 is 2.45 bits per heavy atom. The fourth-order valence-corrected chi connectivity index (χ4v) is 4.22. The number of piperidine rings is 1. The van der Waals surface area contributed by atoms with E-state index < -0.39 is 11.9 Å². The molecule has 0 bridgehead atoms. The minimum atomic E-state index is -0.633. The zero-order chi connectivity index (χ0) is 21.5. The van der Waals surface area contributed by atoms with Gasteiger partial charge in [0.1, 0.15) is 0 Å². The molecule has 0 spiro atoms. The van der Waals surface area contributed by atoms with Crippen LogP contribution in [0.15, 0.2) is 48.6 Å². The summed E-state index contributed by atoms with van der Waals surface area (Å²) in [6, 6.07) is 10.9. The summed E-state index contributed by atoms with van der Waals surface area (Å²) in [4.78, 5) is 26.6. The standard InChI is InChI=1S/C23H22N4O4/c1-26-12-10-14(11-13-26)22-21-17(27(25-22)16-5-3-2-4-15(16)24)6-7-18-23(21)31-20(29)9-8-19(28)30-18/h2-9,14H,10-13,24H2,1H3/b9-8+. The molecule has 3 aromatic rings. The number of likely N-dealkylation sites (tertiary alicyclic amines) is 1. The number of carbonyl (C=O) groups excluding carboxylic acids is 2. The molecule has 2 aromatic carbocycles. The molecule has 5 rings (SSSR count). The van der Waals surface area contributed by atoms with Crippen LogP contribution in [0.3, 0.4) is 0 Å². The number of aromatic nitrogens is 2. The summed E-state index contributed by atoms with van der Waals surface area (Å²) >= 11 is 0. The first-order chi connectivity index (χ1) is 15.0. The van der Waals surface area contributed by atoms with Gasteiger partial charge < -0.3 is 20.1 Å². The lowest BCUT2D eigenvalue weighted by Crippen LogP contribution is -2.29. The van der Waals surface area contributed by atoms with Crippen LogP contribution in [-0.4, -0.2) is 46.8 Å². The van der Waals surface area contributed by atoms with Crippen LogP contribution in [0.1, 0.15) is 24.5 Å². The molecular formula is C23H22N4O4. The highest BCUT2D eigenvalue weighted by Gasteiger charge is 2.29. The molecule has 8 nitrogen and oxygen atoms in total. The Kier molecular flexibility index (Phi) is 4.71. The SMILES string of the molecule is CN1CCC(c2nn(-c3ccccc3N)c3ccc4c(c23)OC(=O)/C=C/C(=O)O4)CC1. The first-order valence-electron chi connectivity index (χ1n) is 10.2. The molecule has 1 fully saturated rings. The molecule has 2 N–H and O–H groups in total. The number of hydrogen-bond acceptors (Lipinski definition) is 7. The van der Waals surface area contributed by atoms with Crippen LogP contribution in [0.5, 0.6) is 11.5 Å². The van der Waals surface area contributed by atoms with Crippen LogP contribution in [0, 0.1) is 0 Å². The van der Waals surface area contributed by atoms with Crippen LogP contribution < -0.4 is 15.2 Å². The molecule has 0 atom stereocenters. The van der Waals surface area contributed by atoms with E-state index in [9.17, 15) is 9.59 Å². The van der Waals surface area contributed by atoms with Gasteiger partial charge in [-0.1, -0.05) is 12.1 Å². The summed E-state index contributed by atoms with van der Waals surface area (Å²) < 4.78 is 12.8. The molecule has 8 heteroatoms. The van der Waals surface area contributed by atoms with Crippen molar-refractivity contribution >= 4 is 28.5 Å². The third-order valence-electron chi connectivity index (χ3n) is 5.83. The minimum Gasteiger partial charge on any atom is -0.419 e. The summed E-state index contributed by atoms with van der Waals surface area (Å²) in [6.45, 7) is 1.89. The van der Waals surface area contributed by atoms with Gasteiger partial charge >= 0.3 is 11.9 Å². The Morgan fingerprint density at radius 1 is 1.00 bits per heavy atom. The molecule has 158 valence electrons. The number of para-hydroxylation sites is 2. The number of benzene rings is 2. The van der Waals surface area contributed by atoms with Crippen molar-refractivity contribution in [1.82, 2.24) is 14.7 Å². The van der Waals surface area contributed by atoms with Crippen molar-refractivity contribution in [2.45, 2.75) is 18.8 Å². The first kappa shape index (κ1) is 19.3. The van der Waals surface area contributed by atoms with Crippen LogP contribution in [0.25, 0.3) is 16.6 Å². The first-order valence-corrected chi connectivity index (χ1v) is 10.2. The number of nitrogens with two attached hydrogens (primary N) is 1. The third kappa shape index (κ3) is 3.44. The van der Waals surface area contributed by atoms with E-state index in [0.29, 0.717) is 11.1 Å². The zero-order valence-corrected chi connectivity index (χ0v) is 17.1. The second-order valence-corrected chi connectivity index (χ2v) is 7.90. The predicted octanol–water partition coefficient (Wildman–Crippen LogP) is 2.80. The molecule has 0 saturated carbocycles. The molecule has 0 unspecified atom stereocenters. The van der Waals surface area contributed by atoms with Gasteiger partial charge in [0.2, 0.25) is 0 Å². The van der Waals surface area contributed by atoms with Gasteiger partial charge in [-0.15, -0.1) is 0 Å². The lowest BCUT2D eigenvalue weighted by atomic mass is 9.91. The van der Waals surface area contributed by atoms with Crippen molar-refractivity contribution in [3.63, 3.8) is 0 Å². The van der Waals surface area contributed by atoms with Gasteiger partial charge in [-0.05, 0) is 57.2 Å².